The van der Waals surface area contributed by atoms with E-state index in [4.69, 9.17) is 15.1 Å². The Morgan fingerprint density at radius 3 is 2.62 bits per heavy atom. The highest BCUT2D eigenvalue weighted by Gasteiger charge is 2.34. The highest BCUT2D eigenvalue weighted by atomic mass is 32.2. The molecule has 2 aliphatic rings. The second-order valence-corrected chi connectivity index (χ2v) is 8.29. The third kappa shape index (κ3) is 3.12. The zero-order chi connectivity index (χ0) is 19.2. The van der Waals surface area contributed by atoms with E-state index in [2.05, 4.69) is 40.6 Å². The van der Waals surface area contributed by atoms with Gasteiger partial charge < -0.3 is 0 Å². The minimum absolute atomic E-state index is 0.0668. The number of fused-ring (bicyclic) bond motifs is 2. The number of nitrogens with zero attached hydrogens (tertiary/aromatic N) is 5. The molecule has 6 rings (SSSR count). The van der Waals surface area contributed by atoms with Crippen molar-refractivity contribution in [1.29, 1.82) is 0 Å². The molecule has 1 saturated carbocycles. The van der Waals surface area contributed by atoms with Crippen molar-refractivity contribution in [3.05, 3.63) is 72.7 Å². The first-order chi connectivity index (χ1) is 14.3. The number of hydrogen-bond donors (Lipinski definition) is 1. The van der Waals surface area contributed by atoms with Gasteiger partial charge >= 0.3 is 0 Å². The van der Waals surface area contributed by atoms with Gasteiger partial charge in [0.1, 0.15) is 11.2 Å². The van der Waals surface area contributed by atoms with Crippen molar-refractivity contribution in [1.82, 2.24) is 30.0 Å². The van der Waals surface area contributed by atoms with Gasteiger partial charge in [-0.05, 0) is 48.4 Å². The highest BCUT2D eigenvalue weighted by Crippen LogP contribution is 2.41. The van der Waals surface area contributed by atoms with Crippen LogP contribution in [-0.4, -0.2) is 30.8 Å². The Kier molecular flexibility index (Phi) is 3.95. The molecular formula is C22H18N6S. The molecule has 0 unspecified atom stereocenters. The average molecular weight is 398 g/mol. The number of benzene rings is 1. The van der Waals surface area contributed by atoms with E-state index in [1.54, 1.807) is 24.2 Å². The van der Waals surface area contributed by atoms with E-state index in [9.17, 15) is 0 Å². The van der Waals surface area contributed by atoms with E-state index in [0.717, 1.165) is 26.9 Å². The molecule has 0 spiro atoms. The monoisotopic (exact) mass is 398 g/mol. The first kappa shape index (κ1) is 16.9. The molecule has 0 amide bonds. The minimum atomic E-state index is -0.0668. The zero-order valence-corrected chi connectivity index (χ0v) is 16.4. The maximum absolute atomic E-state index is 4.84. The van der Waals surface area contributed by atoms with Crippen LogP contribution in [0.3, 0.4) is 0 Å². The molecule has 0 saturated heterocycles. The molecular weight excluding hydrogens is 380 g/mol. The molecule has 1 aliphatic carbocycles. The number of hydrogen-bond acceptors (Lipinski definition) is 6. The number of rotatable bonds is 4. The molecule has 1 N–H and O–H groups in total. The van der Waals surface area contributed by atoms with E-state index in [1.165, 1.54) is 18.4 Å². The molecule has 3 aromatic heterocycles. The molecule has 4 aromatic rings. The Balaban J connectivity index is 1.45. The van der Waals surface area contributed by atoms with Crippen LogP contribution in [0.1, 0.15) is 24.6 Å². The second-order valence-electron chi connectivity index (χ2n) is 7.33. The molecule has 7 heteroatoms. The summed E-state index contributed by atoms with van der Waals surface area (Å²) >= 11 is 1.57. The molecule has 0 bridgehead atoms. The fraction of sp³-hybridized carbons (Fsp3) is 0.182. The van der Waals surface area contributed by atoms with Crippen LogP contribution in [-0.2, 0) is 0 Å². The van der Waals surface area contributed by atoms with Crippen molar-refractivity contribution in [2.75, 3.05) is 0 Å². The lowest BCUT2D eigenvalue weighted by Gasteiger charge is -2.26. The van der Waals surface area contributed by atoms with Crippen molar-refractivity contribution in [3.8, 4) is 22.5 Å². The topological polar surface area (TPSA) is 68.5 Å². The standard InChI is InChI=1S/C22H18N6S/c1-2-5-14(6-3-1)16-11-18-20(25-17-8-9-17)28-22(29-21(18)24-13-16)26-19(27-28)15-7-4-10-23-12-15/h1-7,10-13,17,20,25H,8-9H2/t20-/m1/s1. The van der Waals surface area contributed by atoms with Crippen LogP contribution in [0.5, 0.6) is 0 Å². The fourth-order valence-corrected chi connectivity index (χ4v) is 4.49. The second kappa shape index (κ2) is 6.79. The summed E-state index contributed by atoms with van der Waals surface area (Å²) in [5.74, 6) is 0.694. The first-order valence-electron chi connectivity index (χ1n) is 9.71. The Hall–Kier alpha value is -3.03. The summed E-state index contributed by atoms with van der Waals surface area (Å²) < 4.78 is 2.00. The van der Waals surface area contributed by atoms with Gasteiger partial charge in [-0.3, -0.25) is 10.3 Å². The molecule has 6 nitrogen and oxygen atoms in total. The Morgan fingerprint density at radius 1 is 0.966 bits per heavy atom. The SMILES string of the molecule is c1ccc(-c2cnc3c(c2)[C@H](NC2CC2)n2nc(-c4cccnc4)nc2S3)cc1. The van der Waals surface area contributed by atoms with Crippen LogP contribution in [0.25, 0.3) is 22.5 Å². The largest absolute Gasteiger partial charge is 0.289 e. The maximum Gasteiger partial charge on any atom is 0.194 e. The van der Waals surface area contributed by atoms with Gasteiger partial charge in [0, 0.05) is 41.3 Å². The Morgan fingerprint density at radius 2 is 1.83 bits per heavy atom. The lowest BCUT2D eigenvalue weighted by Crippen LogP contribution is -2.33. The summed E-state index contributed by atoms with van der Waals surface area (Å²) in [6.45, 7) is 0. The van der Waals surface area contributed by atoms with Gasteiger partial charge in [-0.1, -0.05) is 30.3 Å². The third-order valence-corrected chi connectivity index (χ3v) is 6.20. The van der Waals surface area contributed by atoms with Crippen LogP contribution >= 0.6 is 11.8 Å². The lowest BCUT2D eigenvalue weighted by molar-refractivity contribution is 0.384. The van der Waals surface area contributed by atoms with Gasteiger partial charge in [-0.2, -0.15) is 0 Å². The fourth-order valence-electron chi connectivity index (χ4n) is 3.55. The first-order valence-corrected chi connectivity index (χ1v) is 10.5. The van der Waals surface area contributed by atoms with Crippen molar-refractivity contribution < 1.29 is 0 Å². The van der Waals surface area contributed by atoms with Crippen molar-refractivity contribution in [2.24, 2.45) is 0 Å². The normalized spacial score (nSPS) is 17.6. The molecule has 4 heterocycles. The van der Waals surface area contributed by atoms with Gasteiger partial charge in [-0.15, -0.1) is 5.10 Å². The summed E-state index contributed by atoms with van der Waals surface area (Å²) in [6.07, 6.45) is 7.84. The predicted octanol–water partition coefficient (Wildman–Crippen LogP) is 4.17. The van der Waals surface area contributed by atoms with Crippen LogP contribution in [0, 0.1) is 0 Å². The maximum atomic E-state index is 4.84. The predicted molar refractivity (Wildman–Crippen MR) is 111 cm³/mol. The van der Waals surface area contributed by atoms with Crippen LogP contribution in [0.15, 0.2) is 77.3 Å². The summed E-state index contributed by atoms with van der Waals surface area (Å²) in [6, 6.07) is 17.0. The molecule has 29 heavy (non-hydrogen) atoms. The van der Waals surface area contributed by atoms with Gasteiger partial charge in [0.25, 0.3) is 0 Å². The molecule has 0 radical (unpaired) electrons. The van der Waals surface area contributed by atoms with Gasteiger partial charge in [0.2, 0.25) is 0 Å². The third-order valence-electron chi connectivity index (χ3n) is 5.20. The van der Waals surface area contributed by atoms with Gasteiger partial charge in [-0.25, -0.2) is 14.6 Å². The summed E-state index contributed by atoms with van der Waals surface area (Å²) in [7, 11) is 0. The molecule has 142 valence electrons. The average Bonchev–Trinajstić information content (AvgIpc) is 3.50. The zero-order valence-electron chi connectivity index (χ0n) is 15.6. The number of nitrogens with one attached hydrogen (secondary N) is 1. The Labute approximate surface area is 172 Å². The summed E-state index contributed by atoms with van der Waals surface area (Å²) in [5, 5.41) is 10.4. The van der Waals surface area contributed by atoms with E-state index >= 15 is 0 Å². The Bertz CT molecular complexity index is 1170. The number of aromatic nitrogens is 5. The van der Waals surface area contributed by atoms with Crippen LogP contribution in [0.4, 0.5) is 0 Å². The van der Waals surface area contributed by atoms with Crippen molar-refractivity contribution >= 4 is 11.8 Å². The molecule has 1 atom stereocenters. The molecule has 1 aliphatic heterocycles. The van der Waals surface area contributed by atoms with Gasteiger partial charge in [0.15, 0.2) is 11.0 Å². The molecule has 1 aromatic carbocycles. The van der Waals surface area contributed by atoms with E-state index < -0.39 is 0 Å². The van der Waals surface area contributed by atoms with E-state index in [0.29, 0.717) is 11.9 Å². The van der Waals surface area contributed by atoms with E-state index in [-0.39, 0.29) is 6.17 Å². The molecule has 1 fully saturated rings. The number of pyridine rings is 2. The van der Waals surface area contributed by atoms with Crippen molar-refractivity contribution in [2.45, 2.75) is 35.2 Å². The van der Waals surface area contributed by atoms with Crippen LogP contribution < -0.4 is 5.32 Å². The van der Waals surface area contributed by atoms with E-state index in [1.807, 2.05) is 29.1 Å². The summed E-state index contributed by atoms with van der Waals surface area (Å²) in [5.41, 5.74) is 4.35. The summed E-state index contributed by atoms with van der Waals surface area (Å²) in [4.78, 5) is 13.8. The van der Waals surface area contributed by atoms with Crippen molar-refractivity contribution in [3.63, 3.8) is 0 Å². The highest BCUT2D eigenvalue weighted by molar-refractivity contribution is 7.99. The minimum Gasteiger partial charge on any atom is -0.289 e. The lowest BCUT2D eigenvalue weighted by atomic mass is 10.0. The van der Waals surface area contributed by atoms with Crippen LogP contribution in [0.2, 0.25) is 0 Å². The van der Waals surface area contributed by atoms with Gasteiger partial charge in [0.05, 0.1) is 0 Å². The smallest absolute Gasteiger partial charge is 0.194 e. The quantitative estimate of drug-likeness (QED) is 0.557.